The summed E-state index contributed by atoms with van der Waals surface area (Å²) in [5.41, 5.74) is 0. The molecule has 1 atom stereocenters. The van der Waals surface area contributed by atoms with E-state index >= 15 is 0 Å². The van der Waals surface area contributed by atoms with Gasteiger partial charge in [0.25, 0.3) is 0 Å². The Morgan fingerprint density at radius 1 is 1.47 bits per heavy atom. The molecule has 0 aromatic heterocycles. The van der Waals surface area contributed by atoms with Crippen molar-refractivity contribution in [2.75, 3.05) is 40.3 Å². The lowest BCUT2D eigenvalue weighted by Crippen LogP contribution is -2.31. The van der Waals surface area contributed by atoms with Gasteiger partial charge in [0, 0.05) is 13.0 Å². The quantitative estimate of drug-likeness (QED) is 0.649. The zero-order valence-electron chi connectivity index (χ0n) is 11.3. The fourth-order valence-electron chi connectivity index (χ4n) is 2.22. The predicted molar refractivity (Wildman–Crippen MR) is 71.0 cm³/mol. The molecule has 2 N–H and O–H groups in total. The molecular weight excluding hydrogens is 214 g/mol. The molecule has 1 heterocycles. The van der Waals surface area contributed by atoms with Gasteiger partial charge < -0.3 is 15.5 Å². The fourth-order valence-corrected chi connectivity index (χ4v) is 2.22. The molecule has 1 saturated heterocycles. The SMILES string of the molecule is CN(C)CCCNC(=O)CCC1CCCNC1. The van der Waals surface area contributed by atoms with Crippen molar-refractivity contribution >= 4 is 5.91 Å². The normalized spacial score (nSPS) is 20.5. The minimum absolute atomic E-state index is 0.217. The summed E-state index contributed by atoms with van der Waals surface area (Å²) < 4.78 is 0. The van der Waals surface area contributed by atoms with E-state index in [1.807, 2.05) is 0 Å². The first kappa shape index (κ1) is 14.5. The largest absolute Gasteiger partial charge is 0.356 e. The third-order valence-corrected chi connectivity index (χ3v) is 3.28. The number of amides is 1. The van der Waals surface area contributed by atoms with E-state index in [-0.39, 0.29) is 5.91 Å². The van der Waals surface area contributed by atoms with Gasteiger partial charge in [0.05, 0.1) is 0 Å². The minimum Gasteiger partial charge on any atom is -0.356 e. The van der Waals surface area contributed by atoms with Gasteiger partial charge >= 0.3 is 0 Å². The Balaban J connectivity index is 1.96. The highest BCUT2D eigenvalue weighted by Gasteiger charge is 2.13. The van der Waals surface area contributed by atoms with Crippen LogP contribution in [0.5, 0.6) is 0 Å². The summed E-state index contributed by atoms with van der Waals surface area (Å²) >= 11 is 0. The van der Waals surface area contributed by atoms with Crippen LogP contribution >= 0.6 is 0 Å². The first-order valence-electron chi connectivity index (χ1n) is 6.80. The van der Waals surface area contributed by atoms with E-state index in [2.05, 4.69) is 29.6 Å². The van der Waals surface area contributed by atoms with Gasteiger partial charge in [-0.15, -0.1) is 0 Å². The van der Waals surface area contributed by atoms with Crippen molar-refractivity contribution in [2.24, 2.45) is 5.92 Å². The van der Waals surface area contributed by atoms with Gasteiger partial charge in [-0.1, -0.05) is 0 Å². The summed E-state index contributed by atoms with van der Waals surface area (Å²) in [7, 11) is 4.11. The number of rotatable bonds is 7. The minimum atomic E-state index is 0.217. The highest BCUT2D eigenvalue weighted by molar-refractivity contribution is 5.75. The third kappa shape index (κ3) is 7.34. The first-order valence-corrected chi connectivity index (χ1v) is 6.80. The molecule has 0 aliphatic carbocycles. The lowest BCUT2D eigenvalue weighted by atomic mass is 9.94. The van der Waals surface area contributed by atoms with Gasteiger partial charge in [-0.2, -0.15) is 0 Å². The van der Waals surface area contributed by atoms with Crippen LogP contribution in [0.3, 0.4) is 0 Å². The van der Waals surface area contributed by atoms with Gasteiger partial charge in [0.1, 0.15) is 0 Å². The van der Waals surface area contributed by atoms with Gasteiger partial charge in [-0.25, -0.2) is 0 Å². The topological polar surface area (TPSA) is 44.4 Å². The Kier molecular flexibility index (Phi) is 7.21. The fraction of sp³-hybridized carbons (Fsp3) is 0.923. The van der Waals surface area contributed by atoms with Gasteiger partial charge in [-0.3, -0.25) is 4.79 Å². The molecule has 0 radical (unpaired) electrons. The van der Waals surface area contributed by atoms with Crippen LogP contribution in [0.25, 0.3) is 0 Å². The van der Waals surface area contributed by atoms with Crippen LogP contribution in [0.4, 0.5) is 0 Å². The molecule has 1 fully saturated rings. The van der Waals surface area contributed by atoms with E-state index in [0.29, 0.717) is 12.3 Å². The molecule has 0 saturated carbocycles. The van der Waals surface area contributed by atoms with Gasteiger partial charge in [0.15, 0.2) is 0 Å². The van der Waals surface area contributed by atoms with Crippen molar-refractivity contribution in [3.8, 4) is 0 Å². The summed E-state index contributed by atoms with van der Waals surface area (Å²) in [6, 6.07) is 0. The molecule has 1 unspecified atom stereocenters. The zero-order chi connectivity index (χ0) is 12.5. The van der Waals surface area contributed by atoms with Crippen LogP contribution in [0.2, 0.25) is 0 Å². The highest BCUT2D eigenvalue weighted by Crippen LogP contribution is 2.15. The Morgan fingerprint density at radius 3 is 2.94 bits per heavy atom. The van der Waals surface area contributed by atoms with Crippen LogP contribution in [-0.4, -0.2) is 51.1 Å². The van der Waals surface area contributed by atoms with Gasteiger partial charge in [-0.05, 0) is 65.3 Å². The monoisotopic (exact) mass is 241 g/mol. The number of carbonyl (C=O) groups excluding carboxylic acids is 1. The molecule has 1 aliphatic rings. The van der Waals surface area contributed by atoms with E-state index in [1.54, 1.807) is 0 Å². The number of hydrogen-bond donors (Lipinski definition) is 2. The van der Waals surface area contributed by atoms with Crippen molar-refractivity contribution in [1.82, 2.24) is 15.5 Å². The van der Waals surface area contributed by atoms with E-state index in [1.165, 1.54) is 12.8 Å². The Labute approximate surface area is 105 Å². The summed E-state index contributed by atoms with van der Waals surface area (Å²) in [5.74, 6) is 0.922. The number of piperidine rings is 1. The van der Waals surface area contributed by atoms with Crippen molar-refractivity contribution in [3.05, 3.63) is 0 Å². The number of nitrogens with one attached hydrogen (secondary N) is 2. The molecular formula is C13H27N3O. The smallest absolute Gasteiger partial charge is 0.220 e. The van der Waals surface area contributed by atoms with E-state index in [9.17, 15) is 4.79 Å². The average Bonchev–Trinajstić information content (AvgIpc) is 2.33. The molecule has 0 aromatic carbocycles. The van der Waals surface area contributed by atoms with Crippen LogP contribution in [-0.2, 0) is 4.79 Å². The van der Waals surface area contributed by atoms with Crippen molar-refractivity contribution in [3.63, 3.8) is 0 Å². The molecule has 1 rings (SSSR count). The second-order valence-corrected chi connectivity index (χ2v) is 5.26. The van der Waals surface area contributed by atoms with E-state index < -0.39 is 0 Å². The molecule has 17 heavy (non-hydrogen) atoms. The third-order valence-electron chi connectivity index (χ3n) is 3.28. The van der Waals surface area contributed by atoms with E-state index in [0.717, 1.165) is 39.0 Å². The summed E-state index contributed by atoms with van der Waals surface area (Å²) in [6.07, 6.45) is 5.29. The zero-order valence-corrected chi connectivity index (χ0v) is 11.3. The van der Waals surface area contributed by atoms with Crippen LogP contribution < -0.4 is 10.6 Å². The standard InChI is InChI=1S/C13H27N3O/c1-16(2)10-4-9-15-13(17)7-6-12-5-3-8-14-11-12/h12,14H,3-11H2,1-2H3,(H,15,17). The van der Waals surface area contributed by atoms with Crippen LogP contribution in [0.1, 0.15) is 32.1 Å². The molecule has 4 heteroatoms. The van der Waals surface area contributed by atoms with Crippen molar-refractivity contribution < 1.29 is 4.79 Å². The Morgan fingerprint density at radius 2 is 2.29 bits per heavy atom. The second-order valence-electron chi connectivity index (χ2n) is 5.26. The number of hydrogen-bond acceptors (Lipinski definition) is 3. The lowest BCUT2D eigenvalue weighted by Gasteiger charge is -2.22. The molecule has 0 bridgehead atoms. The first-order chi connectivity index (χ1) is 8.18. The molecule has 0 aromatic rings. The van der Waals surface area contributed by atoms with Crippen molar-refractivity contribution in [2.45, 2.75) is 32.1 Å². The Hall–Kier alpha value is -0.610. The Bertz CT molecular complexity index is 213. The summed E-state index contributed by atoms with van der Waals surface area (Å²) in [5, 5.41) is 6.38. The maximum absolute atomic E-state index is 11.6. The molecule has 100 valence electrons. The maximum atomic E-state index is 11.6. The molecule has 0 spiro atoms. The second kappa shape index (κ2) is 8.48. The van der Waals surface area contributed by atoms with Crippen molar-refractivity contribution in [1.29, 1.82) is 0 Å². The van der Waals surface area contributed by atoms with Crippen LogP contribution in [0.15, 0.2) is 0 Å². The predicted octanol–water partition coefficient (Wildman–Crippen LogP) is 0.834. The average molecular weight is 241 g/mol. The maximum Gasteiger partial charge on any atom is 0.220 e. The number of nitrogens with zero attached hydrogens (tertiary/aromatic N) is 1. The van der Waals surface area contributed by atoms with E-state index in [4.69, 9.17) is 0 Å². The summed E-state index contributed by atoms with van der Waals surface area (Å²) in [6.45, 7) is 4.08. The lowest BCUT2D eigenvalue weighted by molar-refractivity contribution is -0.121. The summed E-state index contributed by atoms with van der Waals surface area (Å²) in [4.78, 5) is 13.7. The molecule has 1 amide bonds. The molecule has 1 aliphatic heterocycles. The van der Waals surface area contributed by atoms with Gasteiger partial charge in [0.2, 0.25) is 5.91 Å². The van der Waals surface area contributed by atoms with Crippen LogP contribution in [0, 0.1) is 5.92 Å². The molecule has 4 nitrogen and oxygen atoms in total. The number of carbonyl (C=O) groups is 1. The highest BCUT2D eigenvalue weighted by atomic mass is 16.1.